The smallest absolute Gasteiger partial charge is 0.160 e. The third kappa shape index (κ3) is 8.27. The summed E-state index contributed by atoms with van der Waals surface area (Å²) in [5.74, 6) is 0. The summed E-state index contributed by atoms with van der Waals surface area (Å²) in [5, 5.41) is 0. The van der Waals surface area contributed by atoms with Crippen LogP contribution in [0.3, 0.4) is 0 Å². The molecule has 0 bridgehead atoms. The van der Waals surface area contributed by atoms with E-state index in [-0.39, 0.29) is 6.29 Å². The van der Waals surface area contributed by atoms with Gasteiger partial charge in [-0.1, -0.05) is 38.3 Å². The van der Waals surface area contributed by atoms with Crippen LogP contribution >= 0.6 is 0 Å². The van der Waals surface area contributed by atoms with E-state index in [0.29, 0.717) is 0 Å². The Morgan fingerprint density at radius 3 is 2.29 bits per heavy atom. The standard InChI is InChI=1S/C12H24O2/c1-4-5-6-7-8-9-10-11-12(13-2)14-3/h9-10,12H,4-8,11H2,1-3H3/b10-9+. The summed E-state index contributed by atoms with van der Waals surface area (Å²) in [6.07, 6.45) is 11.6. The van der Waals surface area contributed by atoms with Gasteiger partial charge in [-0.25, -0.2) is 0 Å². The molecule has 0 rings (SSSR count). The van der Waals surface area contributed by atoms with Crippen molar-refractivity contribution in [3.8, 4) is 0 Å². The van der Waals surface area contributed by atoms with Crippen LogP contribution in [0.25, 0.3) is 0 Å². The Morgan fingerprint density at radius 2 is 1.71 bits per heavy atom. The van der Waals surface area contributed by atoms with Crippen molar-refractivity contribution in [1.29, 1.82) is 0 Å². The first kappa shape index (κ1) is 13.7. The first-order valence-electron chi connectivity index (χ1n) is 5.55. The summed E-state index contributed by atoms with van der Waals surface area (Å²) < 4.78 is 10.1. The summed E-state index contributed by atoms with van der Waals surface area (Å²) in [4.78, 5) is 0. The van der Waals surface area contributed by atoms with Crippen LogP contribution in [0.2, 0.25) is 0 Å². The molecule has 0 saturated heterocycles. The second-order valence-electron chi connectivity index (χ2n) is 3.46. The van der Waals surface area contributed by atoms with E-state index in [2.05, 4.69) is 19.1 Å². The number of hydrogen-bond donors (Lipinski definition) is 0. The third-order valence-corrected chi connectivity index (χ3v) is 2.25. The van der Waals surface area contributed by atoms with Crippen LogP contribution in [0, 0.1) is 0 Å². The minimum Gasteiger partial charge on any atom is -0.356 e. The van der Waals surface area contributed by atoms with Crippen molar-refractivity contribution in [2.75, 3.05) is 14.2 Å². The fourth-order valence-electron chi connectivity index (χ4n) is 1.30. The molecule has 0 aliphatic carbocycles. The molecule has 0 saturated carbocycles. The van der Waals surface area contributed by atoms with Gasteiger partial charge < -0.3 is 9.47 Å². The first-order valence-corrected chi connectivity index (χ1v) is 5.55. The lowest BCUT2D eigenvalue weighted by Gasteiger charge is -2.09. The highest BCUT2D eigenvalue weighted by Crippen LogP contribution is 2.04. The Balaban J connectivity index is 3.25. The van der Waals surface area contributed by atoms with Crippen LogP contribution < -0.4 is 0 Å². The molecular formula is C12H24O2. The van der Waals surface area contributed by atoms with E-state index in [1.807, 2.05) is 0 Å². The summed E-state index contributed by atoms with van der Waals surface area (Å²) in [6, 6.07) is 0. The van der Waals surface area contributed by atoms with Gasteiger partial charge in [0.15, 0.2) is 6.29 Å². The van der Waals surface area contributed by atoms with Crippen LogP contribution in [-0.4, -0.2) is 20.5 Å². The minimum atomic E-state index is -0.0816. The molecule has 0 aliphatic heterocycles. The molecule has 0 spiro atoms. The lowest BCUT2D eigenvalue weighted by atomic mass is 10.1. The SMILES string of the molecule is CCCCCC/C=C/CC(OC)OC. The molecule has 0 fully saturated rings. The van der Waals surface area contributed by atoms with E-state index in [4.69, 9.17) is 9.47 Å². The van der Waals surface area contributed by atoms with Crippen LogP contribution in [0.5, 0.6) is 0 Å². The van der Waals surface area contributed by atoms with Crippen LogP contribution in [0.4, 0.5) is 0 Å². The molecule has 2 heteroatoms. The lowest BCUT2D eigenvalue weighted by molar-refractivity contribution is -0.0986. The van der Waals surface area contributed by atoms with Gasteiger partial charge in [0.05, 0.1) is 0 Å². The maximum Gasteiger partial charge on any atom is 0.160 e. The Bertz CT molecular complexity index is 128. The zero-order valence-corrected chi connectivity index (χ0v) is 9.79. The zero-order valence-electron chi connectivity index (χ0n) is 9.79. The average molecular weight is 200 g/mol. The second-order valence-corrected chi connectivity index (χ2v) is 3.46. The molecule has 14 heavy (non-hydrogen) atoms. The topological polar surface area (TPSA) is 18.5 Å². The fourth-order valence-corrected chi connectivity index (χ4v) is 1.30. The lowest BCUT2D eigenvalue weighted by Crippen LogP contribution is -2.10. The van der Waals surface area contributed by atoms with E-state index in [1.165, 1.54) is 32.1 Å². The normalized spacial score (nSPS) is 11.7. The van der Waals surface area contributed by atoms with Crippen molar-refractivity contribution in [3.63, 3.8) is 0 Å². The summed E-state index contributed by atoms with van der Waals surface area (Å²) >= 11 is 0. The van der Waals surface area contributed by atoms with Crippen LogP contribution in [0.15, 0.2) is 12.2 Å². The van der Waals surface area contributed by atoms with E-state index in [1.54, 1.807) is 14.2 Å². The predicted octanol–water partition coefficient (Wildman–Crippen LogP) is 3.52. The van der Waals surface area contributed by atoms with Gasteiger partial charge >= 0.3 is 0 Å². The summed E-state index contributed by atoms with van der Waals surface area (Å²) in [6.45, 7) is 2.23. The molecule has 0 unspecified atom stereocenters. The number of rotatable bonds is 9. The Hall–Kier alpha value is -0.340. The number of ether oxygens (including phenoxy) is 2. The Labute approximate surface area is 88.3 Å². The molecular weight excluding hydrogens is 176 g/mol. The van der Waals surface area contributed by atoms with Crippen molar-refractivity contribution in [2.45, 2.75) is 51.7 Å². The summed E-state index contributed by atoms with van der Waals surface area (Å²) in [5.41, 5.74) is 0. The maximum absolute atomic E-state index is 5.07. The van der Waals surface area contributed by atoms with Crippen molar-refractivity contribution in [2.24, 2.45) is 0 Å². The first-order chi connectivity index (χ1) is 6.85. The highest BCUT2D eigenvalue weighted by atomic mass is 16.7. The van der Waals surface area contributed by atoms with Crippen LogP contribution in [-0.2, 0) is 9.47 Å². The molecule has 0 aromatic heterocycles. The largest absolute Gasteiger partial charge is 0.356 e. The number of unbranched alkanes of at least 4 members (excludes halogenated alkanes) is 4. The molecule has 0 aromatic rings. The van der Waals surface area contributed by atoms with Gasteiger partial charge in [-0.3, -0.25) is 0 Å². The minimum absolute atomic E-state index is 0.0816. The number of methoxy groups -OCH3 is 2. The van der Waals surface area contributed by atoms with Gasteiger partial charge in [0, 0.05) is 20.6 Å². The molecule has 0 N–H and O–H groups in total. The van der Waals surface area contributed by atoms with E-state index in [0.717, 1.165) is 6.42 Å². The Morgan fingerprint density at radius 1 is 1.00 bits per heavy atom. The predicted molar refractivity (Wildman–Crippen MR) is 60.3 cm³/mol. The average Bonchev–Trinajstić information content (AvgIpc) is 2.22. The van der Waals surface area contributed by atoms with E-state index < -0.39 is 0 Å². The molecule has 0 heterocycles. The van der Waals surface area contributed by atoms with Crippen LogP contribution in [0.1, 0.15) is 45.4 Å². The third-order valence-electron chi connectivity index (χ3n) is 2.25. The van der Waals surface area contributed by atoms with Crippen molar-refractivity contribution in [1.82, 2.24) is 0 Å². The van der Waals surface area contributed by atoms with Crippen molar-refractivity contribution >= 4 is 0 Å². The van der Waals surface area contributed by atoms with Gasteiger partial charge in [-0.05, 0) is 12.8 Å². The molecule has 0 amide bonds. The molecule has 84 valence electrons. The molecule has 2 nitrogen and oxygen atoms in total. The van der Waals surface area contributed by atoms with Gasteiger partial charge in [0.2, 0.25) is 0 Å². The molecule has 0 radical (unpaired) electrons. The quantitative estimate of drug-likeness (QED) is 0.322. The fraction of sp³-hybridized carbons (Fsp3) is 0.833. The van der Waals surface area contributed by atoms with E-state index >= 15 is 0 Å². The number of allylic oxidation sites excluding steroid dienone is 1. The van der Waals surface area contributed by atoms with Crippen molar-refractivity contribution < 1.29 is 9.47 Å². The van der Waals surface area contributed by atoms with Gasteiger partial charge in [0.1, 0.15) is 0 Å². The molecule has 0 aromatic carbocycles. The highest BCUT2D eigenvalue weighted by molar-refractivity contribution is 4.82. The van der Waals surface area contributed by atoms with Gasteiger partial charge in [-0.15, -0.1) is 0 Å². The van der Waals surface area contributed by atoms with Gasteiger partial charge in [0.25, 0.3) is 0 Å². The maximum atomic E-state index is 5.07. The van der Waals surface area contributed by atoms with Gasteiger partial charge in [-0.2, -0.15) is 0 Å². The van der Waals surface area contributed by atoms with E-state index in [9.17, 15) is 0 Å². The second kappa shape index (κ2) is 10.7. The monoisotopic (exact) mass is 200 g/mol. The number of hydrogen-bond acceptors (Lipinski definition) is 2. The highest BCUT2D eigenvalue weighted by Gasteiger charge is 1.99. The zero-order chi connectivity index (χ0) is 10.6. The van der Waals surface area contributed by atoms with Crippen molar-refractivity contribution in [3.05, 3.63) is 12.2 Å². The Kier molecular flexibility index (Phi) is 10.5. The molecule has 0 aliphatic rings. The molecule has 0 atom stereocenters. The summed E-state index contributed by atoms with van der Waals surface area (Å²) in [7, 11) is 3.34.